The molecule has 1 aromatic carbocycles. The summed E-state index contributed by atoms with van der Waals surface area (Å²) in [5.74, 6) is 0.960. The molecule has 0 radical (unpaired) electrons. The van der Waals surface area contributed by atoms with E-state index in [0.717, 1.165) is 25.3 Å². The molecular formula is C13H19NO. The van der Waals surface area contributed by atoms with Gasteiger partial charge >= 0.3 is 0 Å². The molecule has 15 heavy (non-hydrogen) atoms. The van der Waals surface area contributed by atoms with Crippen molar-refractivity contribution < 1.29 is 4.74 Å². The van der Waals surface area contributed by atoms with Crippen LogP contribution in [-0.4, -0.2) is 20.2 Å². The second-order valence-corrected chi connectivity index (χ2v) is 4.77. The van der Waals surface area contributed by atoms with E-state index in [1.54, 1.807) is 7.11 Å². The van der Waals surface area contributed by atoms with Crippen LogP contribution in [0.25, 0.3) is 0 Å². The van der Waals surface area contributed by atoms with E-state index in [-0.39, 0.29) is 0 Å². The number of nitrogens with one attached hydrogen (secondary N) is 1. The van der Waals surface area contributed by atoms with E-state index in [4.69, 9.17) is 4.74 Å². The van der Waals surface area contributed by atoms with Gasteiger partial charge in [0.15, 0.2) is 0 Å². The SMILES string of the molecule is COc1cccc(CC2(C)CCNC2)c1. The summed E-state index contributed by atoms with van der Waals surface area (Å²) in [6, 6.07) is 8.40. The van der Waals surface area contributed by atoms with Gasteiger partial charge in [-0.05, 0) is 42.5 Å². The van der Waals surface area contributed by atoms with E-state index in [9.17, 15) is 0 Å². The van der Waals surface area contributed by atoms with Crippen molar-refractivity contribution in [2.75, 3.05) is 20.2 Å². The van der Waals surface area contributed by atoms with Crippen LogP contribution in [0, 0.1) is 5.41 Å². The summed E-state index contributed by atoms with van der Waals surface area (Å²) in [5, 5.41) is 3.43. The third-order valence-electron chi connectivity index (χ3n) is 3.22. The van der Waals surface area contributed by atoms with Crippen molar-refractivity contribution >= 4 is 0 Å². The van der Waals surface area contributed by atoms with Crippen molar-refractivity contribution in [2.45, 2.75) is 19.8 Å². The van der Waals surface area contributed by atoms with Gasteiger partial charge in [-0.15, -0.1) is 0 Å². The molecular weight excluding hydrogens is 186 g/mol. The smallest absolute Gasteiger partial charge is 0.119 e. The second-order valence-electron chi connectivity index (χ2n) is 4.77. The summed E-state index contributed by atoms with van der Waals surface area (Å²) in [5.41, 5.74) is 1.80. The molecule has 1 saturated heterocycles. The number of benzene rings is 1. The van der Waals surface area contributed by atoms with Gasteiger partial charge in [0.25, 0.3) is 0 Å². The summed E-state index contributed by atoms with van der Waals surface area (Å²) in [7, 11) is 1.72. The Kier molecular flexibility index (Phi) is 2.96. The fourth-order valence-corrected chi connectivity index (χ4v) is 2.29. The first kappa shape index (κ1) is 10.5. The van der Waals surface area contributed by atoms with Crippen LogP contribution in [0.5, 0.6) is 5.75 Å². The lowest BCUT2D eigenvalue weighted by atomic mass is 9.83. The molecule has 0 bridgehead atoms. The van der Waals surface area contributed by atoms with Crippen molar-refractivity contribution in [3.05, 3.63) is 29.8 Å². The quantitative estimate of drug-likeness (QED) is 0.817. The molecule has 1 atom stereocenters. The van der Waals surface area contributed by atoms with Crippen molar-refractivity contribution in [3.63, 3.8) is 0 Å². The first-order chi connectivity index (χ1) is 7.22. The highest BCUT2D eigenvalue weighted by Crippen LogP contribution is 2.30. The van der Waals surface area contributed by atoms with E-state index in [1.807, 2.05) is 6.07 Å². The Labute approximate surface area is 91.6 Å². The van der Waals surface area contributed by atoms with Gasteiger partial charge in [0, 0.05) is 6.54 Å². The predicted molar refractivity (Wildman–Crippen MR) is 62.3 cm³/mol. The fourth-order valence-electron chi connectivity index (χ4n) is 2.29. The van der Waals surface area contributed by atoms with E-state index in [2.05, 4.69) is 30.4 Å². The average Bonchev–Trinajstić information content (AvgIpc) is 2.65. The monoisotopic (exact) mass is 205 g/mol. The Hall–Kier alpha value is -1.02. The van der Waals surface area contributed by atoms with Crippen molar-refractivity contribution in [2.24, 2.45) is 5.41 Å². The molecule has 0 aromatic heterocycles. The molecule has 1 aliphatic heterocycles. The molecule has 1 fully saturated rings. The van der Waals surface area contributed by atoms with Crippen LogP contribution in [-0.2, 0) is 6.42 Å². The first-order valence-electron chi connectivity index (χ1n) is 5.56. The molecule has 0 spiro atoms. The van der Waals surface area contributed by atoms with Crippen LogP contribution in [0.3, 0.4) is 0 Å². The van der Waals surface area contributed by atoms with Crippen molar-refractivity contribution in [3.8, 4) is 5.75 Å². The highest BCUT2D eigenvalue weighted by Gasteiger charge is 2.28. The molecule has 2 heteroatoms. The zero-order valence-electron chi connectivity index (χ0n) is 9.55. The van der Waals surface area contributed by atoms with Crippen LogP contribution in [0.2, 0.25) is 0 Å². The Morgan fingerprint density at radius 1 is 1.47 bits per heavy atom. The van der Waals surface area contributed by atoms with Crippen LogP contribution >= 0.6 is 0 Å². The number of methoxy groups -OCH3 is 1. The van der Waals surface area contributed by atoms with Gasteiger partial charge in [0.2, 0.25) is 0 Å². The first-order valence-corrected chi connectivity index (χ1v) is 5.56. The molecule has 1 aliphatic rings. The third kappa shape index (κ3) is 2.51. The maximum absolute atomic E-state index is 5.24. The van der Waals surface area contributed by atoms with Crippen molar-refractivity contribution in [1.82, 2.24) is 5.32 Å². The Morgan fingerprint density at radius 3 is 3.00 bits per heavy atom. The highest BCUT2D eigenvalue weighted by molar-refractivity contribution is 5.29. The van der Waals surface area contributed by atoms with Gasteiger partial charge < -0.3 is 10.1 Å². The maximum Gasteiger partial charge on any atom is 0.119 e. The normalized spacial score (nSPS) is 25.5. The van der Waals surface area contributed by atoms with Gasteiger partial charge in [-0.3, -0.25) is 0 Å². The van der Waals surface area contributed by atoms with Crippen LogP contribution < -0.4 is 10.1 Å². The number of hydrogen-bond acceptors (Lipinski definition) is 2. The summed E-state index contributed by atoms with van der Waals surface area (Å²) >= 11 is 0. The predicted octanol–water partition coefficient (Wildman–Crippen LogP) is 2.24. The van der Waals surface area contributed by atoms with E-state index in [1.165, 1.54) is 12.0 Å². The van der Waals surface area contributed by atoms with Gasteiger partial charge in [-0.1, -0.05) is 19.1 Å². The molecule has 0 aliphatic carbocycles. The Bertz CT molecular complexity index is 329. The molecule has 1 heterocycles. The van der Waals surface area contributed by atoms with Crippen molar-refractivity contribution in [1.29, 1.82) is 0 Å². The largest absolute Gasteiger partial charge is 0.497 e. The fraction of sp³-hybridized carbons (Fsp3) is 0.538. The minimum atomic E-state index is 0.423. The van der Waals surface area contributed by atoms with Gasteiger partial charge in [-0.2, -0.15) is 0 Å². The van der Waals surface area contributed by atoms with E-state index >= 15 is 0 Å². The number of rotatable bonds is 3. The second kappa shape index (κ2) is 4.23. The summed E-state index contributed by atoms with van der Waals surface area (Å²) in [6.07, 6.45) is 2.40. The number of ether oxygens (including phenoxy) is 1. The minimum Gasteiger partial charge on any atom is -0.497 e. The molecule has 1 aromatic rings. The standard InChI is InChI=1S/C13H19NO/c1-13(6-7-14-10-13)9-11-4-3-5-12(8-11)15-2/h3-5,8,14H,6-7,9-10H2,1-2H3. The van der Waals surface area contributed by atoms with E-state index in [0.29, 0.717) is 5.41 Å². The molecule has 0 saturated carbocycles. The van der Waals surface area contributed by atoms with Crippen LogP contribution in [0.1, 0.15) is 18.9 Å². The summed E-state index contributed by atoms with van der Waals surface area (Å²) in [4.78, 5) is 0. The van der Waals surface area contributed by atoms with Crippen LogP contribution in [0.15, 0.2) is 24.3 Å². The van der Waals surface area contributed by atoms with E-state index < -0.39 is 0 Å². The van der Waals surface area contributed by atoms with Crippen LogP contribution in [0.4, 0.5) is 0 Å². The minimum absolute atomic E-state index is 0.423. The lowest BCUT2D eigenvalue weighted by Crippen LogP contribution is -2.22. The topological polar surface area (TPSA) is 21.3 Å². The lowest BCUT2D eigenvalue weighted by molar-refractivity contribution is 0.361. The zero-order chi connectivity index (χ0) is 10.7. The van der Waals surface area contributed by atoms with Gasteiger partial charge in [0.1, 0.15) is 5.75 Å². The molecule has 1 N–H and O–H groups in total. The molecule has 1 unspecified atom stereocenters. The molecule has 2 nitrogen and oxygen atoms in total. The third-order valence-corrected chi connectivity index (χ3v) is 3.22. The Balaban J connectivity index is 2.09. The summed E-state index contributed by atoms with van der Waals surface area (Å²) < 4.78 is 5.24. The zero-order valence-corrected chi connectivity index (χ0v) is 9.55. The average molecular weight is 205 g/mol. The maximum atomic E-state index is 5.24. The molecule has 0 amide bonds. The Morgan fingerprint density at radius 2 is 2.33 bits per heavy atom. The highest BCUT2D eigenvalue weighted by atomic mass is 16.5. The van der Waals surface area contributed by atoms with Gasteiger partial charge in [0.05, 0.1) is 7.11 Å². The van der Waals surface area contributed by atoms with Gasteiger partial charge in [-0.25, -0.2) is 0 Å². The molecule has 2 rings (SSSR count). The lowest BCUT2D eigenvalue weighted by Gasteiger charge is -2.22. The summed E-state index contributed by atoms with van der Waals surface area (Å²) in [6.45, 7) is 4.64. The molecule has 82 valence electrons. The number of hydrogen-bond donors (Lipinski definition) is 1.